The fourth-order valence-corrected chi connectivity index (χ4v) is 2.08. The van der Waals surface area contributed by atoms with Gasteiger partial charge in [0.15, 0.2) is 0 Å². The van der Waals surface area contributed by atoms with Gasteiger partial charge in [0, 0.05) is 28.2 Å². The zero-order valence-corrected chi connectivity index (χ0v) is 14.1. The standard InChI is InChI=1S/C18H15BrN2O2/c1-13(22)21-17-10-4-14(5-11-17)3-2-12-20-18(23)15-6-8-16(19)9-7-15/h4-11H,12H2,1H3,(H,20,23)(H,21,22). The second-order valence-electron chi connectivity index (χ2n) is 4.75. The van der Waals surface area contributed by atoms with Gasteiger partial charge in [0.25, 0.3) is 5.91 Å². The number of carbonyl (C=O) groups excluding carboxylic acids is 2. The predicted octanol–water partition coefficient (Wildman–Crippen LogP) is 3.19. The van der Waals surface area contributed by atoms with E-state index in [2.05, 4.69) is 38.4 Å². The Balaban J connectivity index is 1.86. The van der Waals surface area contributed by atoms with Crippen LogP contribution < -0.4 is 10.6 Å². The van der Waals surface area contributed by atoms with Crippen LogP contribution in [0.2, 0.25) is 0 Å². The highest BCUT2D eigenvalue weighted by Crippen LogP contribution is 2.10. The summed E-state index contributed by atoms with van der Waals surface area (Å²) in [5.74, 6) is 5.58. The van der Waals surface area contributed by atoms with Crippen molar-refractivity contribution in [2.45, 2.75) is 6.92 Å². The maximum Gasteiger partial charge on any atom is 0.252 e. The maximum absolute atomic E-state index is 11.9. The first kappa shape index (κ1) is 16.8. The number of nitrogens with one attached hydrogen (secondary N) is 2. The van der Waals surface area contributed by atoms with E-state index in [1.165, 1.54) is 6.92 Å². The normalized spacial score (nSPS) is 9.48. The number of carbonyl (C=O) groups is 2. The Kier molecular flexibility index (Phi) is 5.95. The van der Waals surface area contributed by atoms with Crippen molar-refractivity contribution in [2.24, 2.45) is 0 Å². The summed E-state index contributed by atoms with van der Waals surface area (Å²) < 4.78 is 0.927. The van der Waals surface area contributed by atoms with E-state index in [4.69, 9.17) is 0 Å². The third kappa shape index (κ3) is 5.61. The SMILES string of the molecule is CC(=O)Nc1ccc(C#CCNC(=O)c2ccc(Br)cc2)cc1. The highest BCUT2D eigenvalue weighted by Gasteiger charge is 2.02. The van der Waals surface area contributed by atoms with Gasteiger partial charge in [0.05, 0.1) is 6.54 Å². The van der Waals surface area contributed by atoms with Gasteiger partial charge in [-0.25, -0.2) is 0 Å². The van der Waals surface area contributed by atoms with E-state index in [1.807, 2.05) is 24.3 Å². The van der Waals surface area contributed by atoms with Crippen LogP contribution in [-0.2, 0) is 4.79 Å². The predicted molar refractivity (Wildman–Crippen MR) is 94.1 cm³/mol. The smallest absolute Gasteiger partial charge is 0.252 e. The van der Waals surface area contributed by atoms with Gasteiger partial charge in [-0.15, -0.1) is 0 Å². The van der Waals surface area contributed by atoms with Crippen molar-refractivity contribution < 1.29 is 9.59 Å². The molecule has 0 heterocycles. The first-order valence-corrected chi connectivity index (χ1v) is 7.74. The molecule has 0 spiro atoms. The average Bonchev–Trinajstić information content (AvgIpc) is 2.53. The van der Waals surface area contributed by atoms with Crippen LogP contribution in [0.1, 0.15) is 22.8 Å². The Morgan fingerprint density at radius 3 is 2.30 bits per heavy atom. The van der Waals surface area contributed by atoms with E-state index in [1.54, 1.807) is 24.3 Å². The monoisotopic (exact) mass is 370 g/mol. The molecule has 0 unspecified atom stereocenters. The van der Waals surface area contributed by atoms with Crippen molar-refractivity contribution in [3.8, 4) is 11.8 Å². The van der Waals surface area contributed by atoms with Gasteiger partial charge in [-0.1, -0.05) is 27.8 Å². The minimum absolute atomic E-state index is 0.112. The summed E-state index contributed by atoms with van der Waals surface area (Å²) in [5.41, 5.74) is 2.14. The maximum atomic E-state index is 11.9. The lowest BCUT2D eigenvalue weighted by atomic mass is 10.2. The fourth-order valence-electron chi connectivity index (χ4n) is 1.81. The average molecular weight is 371 g/mol. The molecule has 5 heteroatoms. The molecule has 116 valence electrons. The van der Waals surface area contributed by atoms with Gasteiger partial charge in [-0.2, -0.15) is 0 Å². The van der Waals surface area contributed by atoms with Crippen molar-refractivity contribution >= 4 is 33.4 Å². The topological polar surface area (TPSA) is 58.2 Å². The zero-order valence-electron chi connectivity index (χ0n) is 12.5. The van der Waals surface area contributed by atoms with Gasteiger partial charge in [0.1, 0.15) is 0 Å². The minimum Gasteiger partial charge on any atom is -0.341 e. The first-order chi connectivity index (χ1) is 11.0. The highest BCUT2D eigenvalue weighted by molar-refractivity contribution is 9.10. The molecule has 0 radical (unpaired) electrons. The second-order valence-corrected chi connectivity index (χ2v) is 5.67. The van der Waals surface area contributed by atoms with Crippen molar-refractivity contribution in [2.75, 3.05) is 11.9 Å². The molecule has 2 N–H and O–H groups in total. The van der Waals surface area contributed by atoms with E-state index in [-0.39, 0.29) is 18.4 Å². The third-order valence-electron chi connectivity index (χ3n) is 2.88. The van der Waals surface area contributed by atoms with E-state index >= 15 is 0 Å². The zero-order chi connectivity index (χ0) is 16.7. The Bertz CT molecular complexity index is 756. The molecule has 23 heavy (non-hydrogen) atoms. The van der Waals surface area contributed by atoms with Crippen LogP contribution in [0.15, 0.2) is 53.0 Å². The number of anilines is 1. The summed E-state index contributed by atoms with van der Waals surface area (Å²) in [7, 11) is 0. The molecular formula is C18H15BrN2O2. The van der Waals surface area contributed by atoms with Crippen molar-refractivity contribution in [1.82, 2.24) is 5.32 Å². The Labute approximate surface area is 143 Å². The quantitative estimate of drug-likeness (QED) is 0.815. The molecule has 0 aliphatic heterocycles. The van der Waals surface area contributed by atoms with Crippen molar-refractivity contribution in [1.29, 1.82) is 0 Å². The first-order valence-electron chi connectivity index (χ1n) is 6.95. The van der Waals surface area contributed by atoms with Gasteiger partial charge in [0.2, 0.25) is 5.91 Å². The summed E-state index contributed by atoms with van der Waals surface area (Å²) in [4.78, 5) is 22.8. The summed E-state index contributed by atoms with van der Waals surface area (Å²) in [6, 6.07) is 14.3. The van der Waals surface area contributed by atoms with Gasteiger partial charge in [-0.3, -0.25) is 9.59 Å². The number of halogens is 1. The van der Waals surface area contributed by atoms with Crippen LogP contribution in [0.3, 0.4) is 0 Å². The van der Waals surface area contributed by atoms with E-state index in [0.717, 1.165) is 15.7 Å². The van der Waals surface area contributed by atoms with Crippen LogP contribution >= 0.6 is 15.9 Å². The molecule has 0 atom stereocenters. The van der Waals surface area contributed by atoms with Crippen molar-refractivity contribution in [3.63, 3.8) is 0 Å². The minimum atomic E-state index is -0.159. The molecule has 2 aromatic rings. The third-order valence-corrected chi connectivity index (χ3v) is 3.41. The van der Waals surface area contributed by atoms with Crippen LogP contribution in [0.25, 0.3) is 0 Å². The van der Waals surface area contributed by atoms with Crippen LogP contribution in [0.4, 0.5) is 5.69 Å². The largest absolute Gasteiger partial charge is 0.341 e. The lowest BCUT2D eigenvalue weighted by Crippen LogP contribution is -2.23. The Morgan fingerprint density at radius 2 is 1.70 bits per heavy atom. The van der Waals surface area contributed by atoms with Crippen molar-refractivity contribution in [3.05, 3.63) is 64.1 Å². The molecule has 2 amide bonds. The van der Waals surface area contributed by atoms with Gasteiger partial charge in [-0.05, 0) is 48.5 Å². The number of hydrogen-bond donors (Lipinski definition) is 2. The summed E-state index contributed by atoms with van der Waals surface area (Å²) in [6.45, 7) is 1.73. The van der Waals surface area contributed by atoms with Crippen LogP contribution in [0, 0.1) is 11.8 Å². The molecule has 2 rings (SSSR count). The number of amides is 2. The lowest BCUT2D eigenvalue weighted by molar-refractivity contribution is -0.114. The molecule has 4 nitrogen and oxygen atoms in total. The number of hydrogen-bond acceptors (Lipinski definition) is 2. The molecule has 0 bridgehead atoms. The summed E-state index contributed by atoms with van der Waals surface area (Å²) in [5, 5.41) is 5.43. The summed E-state index contributed by atoms with van der Waals surface area (Å²) in [6.07, 6.45) is 0. The fraction of sp³-hybridized carbons (Fsp3) is 0.111. The molecule has 0 aromatic heterocycles. The van der Waals surface area contributed by atoms with E-state index in [9.17, 15) is 9.59 Å². The number of benzene rings is 2. The Hall–Kier alpha value is -2.58. The highest BCUT2D eigenvalue weighted by atomic mass is 79.9. The second kappa shape index (κ2) is 8.16. The van der Waals surface area contributed by atoms with Gasteiger partial charge >= 0.3 is 0 Å². The summed E-state index contributed by atoms with van der Waals surface area (Å²) >= 11 is 3.33. The van der Waals surface area contributed by atoms with Gasteiger partial charge < -0.3 is 10.6 Å². The molecule has 0 saturated carbocycles. The van der Waals surface area contributed by atoms with E-state index < -0.39 is 0 Å². The molecule has 0 saturated heterocycles. The Morgan fingerprint density at radius 1 is 1.04 bits per heavy atom. The van der Waals surface area contributed by atoms with Crippen LogP contribution in [0.5, 0.6) is 0 Å². The molecule has 0 aliphatic carbocycles. The lowest BCUT2D eigenvalue weighted by Gasteiger charge is -2.01. The van der Waals surface area contributed by atoms with E-state index in [0.29, 0.717) is 5.56 Å². The molecule has 2 aromatic carbocycles. The number of rotatable bonds is 3. The molecular weight excluding hydrogens is 356 g/mol. The molecule has 0 aliphatic rings. The molecule has 0 fully saturated rings. The van der Waals surface area contributed by atoms with Crippen LogP contribution in [-0.4, -0.2) is 18.4 Å².